The van der Waals surface area contributed by atoms with Crippen molar-refractivity contribution in [2.75, 3.05) is 25.0 Å². The summed E-state index contributed by atoms with van der Waals surface area (Å²) in [6.07, 6.45) is 3.14. The van der Waals surface area contributed by atoms with E-state index in [9.17, 15) is 4.79 Å². The van der Waals surface area contributed by atoms with Gasteiger partial charge in [-0.15, -0.1) is 10.2 Å². The number of anilines is 1. The van der Waals surface area contributed by atoms with Gasteiger partial charge in [-0.25, -0.2) is 4.98 Å². The summed E-state index contributed by atoms with van der Waals surface area (Å²) in [6, 6.07) is 8.05. The number of likely N-dealkylation sites (tertiary alicyclic amines) is 1. The number of fused-ring (bicyclic) bond motifs is 2. The Morgan fingerprint density at radius 2 is 2.08 bits per heavy atom. The molecule has 26 heavy (non-hydrogen) atoms. The number of nitrogens with one attached hydrogen (secondary N) is 1. The van der Waals surface area contributed by atoms with E-state index in [1.165, 1.54) is 6.42 Å². The molecule has 3 aromatic rings. The summed E-state index contributed by atoms with van der Waals surface area (Å²) in [7, 11) is 0. The van der Waals surface area contributed by atoms with E-state index in [4.69, 9.17) is 0 Å². The zero-order valence-electron chi connectivity index (χ0n) is 14.5. The van der Waals surface area contributed by atoms with E-state index < -0.39 is 0 Å². The predicted molar refractivity (Wildman–Crippen MR) is 102 cm³/mol. The zero-order chi connectivity index (χ0) is 17.7. The third-order valence-corrected chi connectivity index (χ3v) is 6.07. The fourth-order valence-corrected chi connectivity index (χ4v) is 4.45. The van der Waals surface area contributed by atoms with Crippen LogP contribution in [0.3, 0.4) is 0 Å². The van der Waals surface area contributed by atoms with Gasteiger partial charge in [-0.3, -0.25) is 9.69 Å². The molecule has 1 amide bonds. The highest BCUT2D eigenvalue weighted by molar-refractivity contribution is 7.14. The molecule has 132 valence electrons. The summed E-state index contributed by atoms with van der Waals surface area (Å²) in [5.74, 6) is 2.28. The summed E-state index contributed by atoms with van der Waals surface area (Å²) in [4.78, 5) is 18.9. The van der Waals surface area contributed by atoms with Gasteiger partial charge in [-0.2, -0.15) is 0 Å². The van der Waals surface area contributed by atoms with Crippen LogP contribution in [-0.2, 0) is 4.79 Å². The lowest BCUT2D eigenvalue weighted by Crippen LogP contribution is -2.32. The molecule has 1 N–H and O–H groups in total. The first-order chi connectivity index (χ1) is 12.6. The van der Waals surface area contributed by atoms with Gasteiger partial charge in [0.1, 0.15) is 15.8 Å². The largest absolute Gasteiger partial charge is 0.310 e. The van der Waals surface area contributed by atoms with E-state index in [1.54, 1.807) is 17.5 Å². The van der Waals surface area contributed by atoms with E-state index in [0.717, 1.165) is 51.3 Å². The number of aryl methyl sites for hydroxylation is 1. The van der Waals surface area contributed by atoms with Crippen molar-refractivity contribution in [2.45, 2.75) is 13.3 Å². The molecule has 7 heteroatoms. The monoisotopic (exact) mass is 365 g/mol. The molecule has 0 bridgehead atoms. The topological polar surface area (TPSA) is 71.0 Å². The van der Waals surface area contributed by atoms with Crippen LogP contribution >= 0.6 is 11.3 Å². The molecule has 0 radical (unpaired) electrons. The second-order valence-electron chi connectivity index (χ2n) is 7.26. The molecule has 2 fully saturated rings. The Labute approximate surface area is 155 Å². The Balaban J connectivity index is 1.33. The molecule has 2 aliphatic rings. The average molecular weight is 365 g/mol. The van der Waals surface area contributed by atoms with Crippen molar-refractivity contribution >= 4 is 33.8 Å². The molecular formula is C19H19N5OS. The number of pyridine rings is 1. The van der Waals surface area contributed by atoms with Crippen LogP contribution in [0.1, 0.15) is 11.4 Å². The number of rotatable bonds is 4. The van der Waals surface area contributed by atoms with Crippen LogP contribution in [0.2, 0.25) is 0 Å². The molecule has 3 heterocycles. The lowest BCUT2D eigenvalue weighted by Gasteiger charge is -2.16. The SMILES string of the molecule is Cc1nnc(-c2ccc3cnc(NC(=O)CN4CC5C[C@@H]5C4)cc3c2)s1. The van der Waals surface area contributed by atoms with Crippen LogP contribution in [0.25, 0.3) is 21.3 Å². The standard InChI is InChI=1S/C19H19N5OS/c1-11-22-23-19(26-11)12-2-3-13-7-20-17(6-14(13)4-12)21-18(25)10-24-8-15-5-16(15)9-24/h2-4,6-7,15-16H,5,8-10H2,1H3,(H,20,21,25)/t15-,16?/m1/s1. The summed E-state index contributed by atoms with van der Waals surface area (Å²) in [6.45, 7) is 4.53. The van der Waals surface area contributed by atoms with Crippen LogP contribution in [0.15, 0.2) is 30.5 Å². The quantitative estimate of drug-likeness (QED) is 0.770. The van der Waals surface area contributed by atoms with Crippen LogP contribution in [0.5, 0.6) is 0 Å². The molecular weight excluding hydrogens is 346 g/mol. The smallest absolute Gasteiger partial charge is 0.239 e. The highest BCUT2D eigenvalue weighted by Gasteiger charge is 2.45. The Morgan fingerprint density at radius 1 is 1.23 bits per heavy atom. The fraction of sp³-hybridized carbons (Fsp3) is 0.368. The van der Waals surface area contributed by atoms with Gasteiger partial charge >= 0.3 is 0 Å². The number of carbonyl (C=O) groups is 1. The first-order valence-electron chi connectivity index (χ1n) is 8.86. The first-order valence-corrected chi connectivity index (χ1v) is 9.68. The summed E-state index contributed by atoms with van der Waals surface area (Å²) in [5, 5.41) is 15.1. The van der Waals surface area contributed by atoms with Crippen molar-refractivity contribution in [1.29, 1.82) is 0 Å². The van der Waals surface area contributed by atoms with Crippen LogP contribution in [-0.4, -0.2) is 45.6 Å². The molecule has 5 rings (SSSR count). The molecule has 0 spiro atoms. The molecule has 1 unspecified atom stereocenters. The van der Waals surface area contributed by atoms with Gasteiger partial charge in [0, 0.05) is 30.2 Å². The van der Waals surface area contributed by atoms with Crippen LogP contribution in [0, 0.1) is 18.8 Å². The minimum absolute atomic E-state index is 0.00838. The maximum Gasteiger partial charge on any atom is 0.239 e. The van der Waals surface area contributed by atoms with Crippen LogP contribution in [0.4, 0.5) is 5.82 Å². The normalized spacial score (nSPS) is 21.7. The maximum absolute atomic E-state index is 12.3. The lowest BCUT2D eigenvalue weighted by atomic mass is 10.1. The zero-order valence-corrected chi connectivity index (χ0v) is 15.3. The minimum atomic E-state index is 0.00838. The summed E-state index contributed by atoms with van der Waals surface area (Å²) in [5.41, 5.74) is 1.03. The molecule has 2 atom stereocenters. The highest BCUT2D eigenvalue weighted by Crippen LogP contribution is 2.44. The molecule has 2 aromatic heterocycles. The lowest BCUT2D eigenvalue weighted by molar-refractivity contribution is -0.117. The van der Waals surface area contributed by atoms with Gasteiger partial charge in [0.25, 0.3) is 0 Å². The number of hydrogen-bond donors (Lipinski definition) is 1. The summed E-state index contributed by atoms with van der Waals surface area (Å²) < 4.78 is 0. The average Bonchev–Trinajstić information content (AvgIpc) is 3.01. The molecule has 1 aromatic carbocycles. The van der Waals surface area contributed by atoms with Gasteiger partial charge < -0.3 is 5.32 Å². The van der Waals surface area contributed by atoms with Crippen molar-refractivity contribution in [3.05, 3.63) is 35.5 Å². The molecule has 1 aliphatic carbocycles. The third-order valence-electron chi connectivity index (χ3n) is 5.18. The van der Waals surface area contributed by atoms with E-state index in [1.807, 2.05) is 25.1 Å². The third kappa shape index (κ3) is 3.08. The number of aromatic nitrogens is 3. The Bertz CT molecular complexity index is 991. The van der Waals surface area contributed by atoms with Crippen molar-refractivity contribution in [3.8, 4) is 10.6 Å². The van der Waals surface area contributed by atoms with E-state index in [0.29, 0.717) is 12.4 Å². The fourth-order valence-electron chi connectivity index (χ4n) is 3.77. The van der Waals surface area contributed by atoms with Crippen molar-refractivity contribution in [3.63, 3.8) is 0 Å². The Hall–Kier alpha value is -2.38. The van der Waals surface area contributed by atoms with Crippen molar-refractivity contribution in [2.24, 2.45) is 11.8 Å². The molecule has 1 saturated carbocycles. The van der Waals surface area contributed by atoms with Crippen molar-refractivity contribution in [1.82, 2.24) is 20.1 Å². The number of amides is 1. The molecule has 1 aliphatic heterocycles. The second kappa shape index (κ2) is 6.10. The maximum atomic E-state index is 12.3. The van der Waals surface area contributed by atoms with E-state index >= 15 is 0 Å². The van der Waals surface area contributed by atoms with Gasteiger partial charge in [0.15, 0.2) is 0 Å². The number of benzene rings is 1. The first kappa shape index (κ1) is 15.8. The number of piperidine rings is 1. The van der Waals surface area contributed by atoms with Gasteiger partial charge in [-0.05, 0) is 42.7 Å². The predicted octanol–water partition coefficient (Wildman–Crippen LogP) is 2.95. The van der Waals surface area contributed by atoms with E-state index in [-0.39, 0.29) is 5.91 Å². The van der Waals surface area contributed by atoms with Gasteiger partial charge in [0.05, 0.1) is 6.54 Å². The Kier molecular flexibility index (Phi) is 3.72. The minimum Gasteiger partial charge on any atom is -0.310 e. The highest BCUT2D eigenvalue weighted by atomic mass is 32.1. The summed E-state index contributed by atoms with van der Waals surface area (Å²) >= 11 is 1.57. The van der Waals surface area contributed by atoms with Gasteiger partial charge in [-0.1, -0.05) is 23.5 Å². The number of nitrogens with zero attached hydrogens (tertiary/aromatic N) is 4. The van der Waals surface area contributed by atoms with Crippen LogP contribution < -0.4 is 5.32 Å². The molecule has 1 saturated heterocycles. The Morgan fingerprint density at radius 3 is 2.85 bits per heavy atom. The van der Waals surface area contributed by atoms with Gasteiger partial charge in [0.2, 0.25) is 5.91 Å². The van der Waals surface area contributed by atoms with E-state index in [2.05, 4.69) is 31.5 Å². The number of carbonyl (C=O) groups excluding carboxylic acids is 1. The second-order valence-corrected chi connectivity index (χ2v) is 8.44. The molecule has 6 nitrogen and oxygen atoms in total. The number of hydrogen-bond acceptors (Lipinski definition) is 6. The van der Waals surface area contributed by atoms with Crippen molar-refractivity contribution < 1.29 is 4.79 Å².